The van der Waals surface area contributed by atoms with Gasteiger partial charge in [-0.15, -0.1) is 11.3 Å². The lowest BCUT2D eigenvalue weighted by Crippen LogP contribution is -1.94. The van der Waals surface area contributed by atoms with Gasteiger partial charge in [0, 0.05) is 0 Å². The van der Waals surface area contributed by atoms with Gasteiger partial charge in [-0.3, -0.25) is 8.74 Å². The molecule has 0 aliphatic rings. The molecule has 2 rings (SSSR count). The van der Waals surface area contributed by atoms with Gasteiger partial charge in [0.1, 0.15) is 11.6 Å². The molecule has 0 fully saturated rings. The minimum Gasteiger partial charge on any atom is -0.284 e. The van der Waals surface area contributed by atoms with E-state index in [1.807, 2.05) is 24.3 Å². The summed E-state index contributed by atoms with van der Waals surface area (Å²) in [6, 6.07) is 7.67. The fourth-order valence-electron chi connectivity index (χ4n) is 1.08. The van der Waals surface area contributed by atoms with Crippen molar-refractivity contribution in [2.24, 2.45) is 0 Å². The molecule has 0 bridgehead atoms. The molecule has 1 aromatic carbocycles. The van der Waals surface area contributed by atoms with Gasteiger partial charge in [-0.05, 0) is 12.1 Å². The maximum absolute atomic E-state index is 10.3. The first kappa shape index (κ1) is 9.72. The highest BCUT2D eigenvalue weighted by atomic mass is 32.2. The summed E-state index contributed by atoms with van der Waals surface area (Å²) in [4.78, 5) is 4.23. The minimum absolute atomic E-state index is 0.0719. The number of thiazole rings is 1. The Bertz CT molecular complexity index is 435. The molecule has 1 aromatic heterocycles. The topological polar surface area (TPSA) is 59.4 Å². The highest BCUT2D eigenvalue weighted by Gasteiger charge is 2.04. The molecule has 6 heteroatoms. The van der Waals surface area contributed by atoms with Crippen LogP contribution in [0.2, 0.25) is 0 Å². The van der Waals surface area contributed by atoms with Crippen LogP contribution in [0.15, 0.2) is 24.3 Å². The SMILES string of the molecule is O=S(O)OCc1nc2ccccc2s1. The van der Waals surface area contributed by atoms with E-state index in [1.54, 1.807) is 0 Å². The fourth-order valence-corrected chi connectivity index (χ4v) is 2.25. The van der Waals surface area contributed by atoms with E-state index in [-0.39, 0.29) is 6.61 Å². The predicted molar refractivity (Wildman–Crippen MR) is 55.2 cm³/mol. The van der Waals surface area contributed by atoms with Crippen LogP contribution in [0.5, 0.6) is 0 Å². The Labute approximate surface area is 87.0 Å². The molecule has 1 heterocycles. The van der Waals surface area contributed by atoms with E-state index in [9.17, 15) is 4.21 Å². The van der Waals surface area contributed by atoms with Crippen molar-refractivity contribution in [3.8, 4) is 0 Å². The number of benzene rings is 1. The Morgan fingerprint density at radius 1 is 1.50 bits per heavy atom. The van der Waals surface area contributed by atoms with Gasteiger partial charge in [0.05, 0.1) is 10.2 Å². The van der Waals surface area contributed by atoms with Crippen LogP contribution in [0.25, 0.3) is 10.2 Å². The summed E-state index contributed by atoms with van der Waals surface area (Å²) >= 11 is -0.763. The number of aromatic nitrogens is 1. The molecule has 2 aromatic rings. The molecule has 14 heavy (non-hydrogen) atoms. The Hall–Kier alpha value is -0.820. The Morgan fingerprint density at radius 3 is 3.00 bits per heavy atom. The summed E-state index contributed by atoms with van der Waals surface area (Å²) < 4.78 is 24.3. The number of hydrogen-bond acceptors (Lipinski definition) is 4. The van der Waals surface area contributed by atoms with Crippen molar-refractivity contribution < 1.29 is 12.9 Å². The lowest BCUT2D eigenvalue weighted by Gasteiger charge is -1.91. The second-order valence-corrected chi connectivity index (χ2v) is 4.34. The number of hydrogen-bond donors (Lipinski definition) is 1. The van der Waals surface area contributed by atoms with Crippen LogP contribution in [-0.4, -0.2) is 13.7 Å². The van der Waals surface area contributed by atoms with Crippen LogP contribution in [-0.2, 0) is 22.2 Å². The van der Waals surface area contributed by atoms with Crippen molar-refractivity contribution in [2.75, 3.05) is 0 Å². The van der Waals surface area contributed by atoms with E-state index in [1.165, 1.54) is 11.3 Å². The van der Waals surface area contributed by atoms with Gasteiger partial charge in [0.2, 0.25) is 0 Å². The highest BCUT2D eigenvalue weighted by molar-refractivity contribution is 7.74. The number of fused-ring (bicyclic) bond motifs is 1. The van der Waals surface area contributed by atoms with E-state index in [2.05, 4.69) is 9.17 Å². The zero-order valence-corrected chi connectivity index (χ0v) is 8.68. The highest BCUT2D eigenvalue weighted by Crippen LogP contribution is 2.21. The third kappa shape index (κ3) is 2.16. The van der Waals surface area contributed by atoms with Crippen molar-refractivity contribution in [1.29, 1.82) is 0 Å². The molecule has 0 aliphatic heterocycles. The number of nitrogens with zero attached hydrogens (tertiary/aromatic N) is 1. The van der Waals surface area contributed by atoms with Crippen molar-refractivity contribution in [2.45, 2.75) is 6.61 Å². The van der Waals surface area contributed by atoms with Crippen molar-refractivity contribution in [1.82, 2.24) is 4.98 Å². The number of para-hydroxylation sites is 1. The molecule has 0 radical (unpaired) electrons. The molecule has 1 N–H and O–H groups in total. The van der Waals surface area contributed by atoms with Gasteiger partial charge in [0.25, 0.3) is 0 Å². The maximum Gasteiger partial charge on any atom is 0.302 e. The molecule has 0 amide bonds. The maximum atomic E-state index is 10.3. The quantitative estimate of drug-likeness (QED) is 0.817. The van der Waals surface area contributed by atoms with Gasteiger partial charge in [-0.25, -0.2) is 4.98 Å². The number of rotatable bonds is 3. The molecule has 0 aliphatic carbocycles. The molecule has 74 valence electrons. The molecule has 0 spiro atoms. The monoisotopic (exact) mass is 229 g/mol. The normalized spacial score (nSPS) is 13.2. The second-order valence-electron chi connectivity index (χ2n) is 2.55. The van der Waals surface area contributed by atoms with E-state index >= 15 is 0 Å². The molecule has 0 saturated heterocycles. The standard InChI is InChI=1S/C8H7NO3S2/c10-14(11)12-5-8-9-6-3-1-2-4-7(6)13-8/h1-4H,5H2,(H,10,11). The third-order valence-electron chi connectivity index (χ3n) is 1.62. The predicted octanol–water partition coefficient (Wildman–Crippen LogP) is 1.95. The van der Waals surface area contributed by atoms with Crippen LogP contribution in [0.4, 0.5) is 0 Å². The first-order valence-electron chi connectivity index (χ1n) is 3.84. The summed E-state index contributed by atoms with van der Waals surface area (Å²) in [5, 5.41) is 0.702. The van der Waals surface area contributed by atoms with E-state index in [4.69, 9.17) is 4.55 Å². The summed E-state index contributed by atoms with van der Waals surface area (Å²) in [6.45, 7) is 0.0719. The summed E-state index contributed by atoms with van der Waals surface area (Å²) in [5.74, 6) is 0. The van der Waals surface area contributed by atoms with Crippen LogP contribution in [0.1, 0.15) is 5.01 Å². The third-order valence-corrected chi connectivity index (χ3v) is 2.95. The summed E-state index contributed by atoms with van der Waals surface area (Å²) in [5.41, 5.74) is 0.889. The molecule has 1 unspecified atom stereocenters. The first-order valence-corrected chi connectivity index (χ1v) is 5.69. The van der Waals surface area contributed by atoms with Crippen molar-refractivity contribution in [3.05, 3.63) is 29.3 Å². The smallest absolute Gasteiger partial charge is 0.284 e. The Kier molecular flexibility index (Phi) is 2.87. The Morgan fingerprint density at radius 2 is 2.29 bits per heavy atom. The van der Waals surface area contributed by atoms with E-state index in [0.29, 0.717) is 5.01 Å². The Balaban J connectivity index is 2.22. The average molecular weight is 229 g/mol. The van der Waals surface area contributed by atoms with Crippen LogP contribution >= 0.6 is 11.3 Å². The zero-order chi connectivity index (χ0) is 9.97. The average Bonchev–Trinajstić information content (AvgIpc) is 2.57. The van der Waals surface area contributed by atoms with Gasteiger partial charge in [0.15, 0.2) is 0 Å². The molecular formula is C8H7NO3S2. The lowest BCUT2D eigenvalue weighted by molar-refractivity contribution is 0.297. The van der Waals surface area contributed by atoms with Gasteiger partial charge >= 0.3 is 11.4 Å². The first-order chi connectivity index (χ1) is 6.75. The van der Waals surface area contributed by atoms with Crippen LogP contribution < -0.4 is 0 Å². The van der Waals surface area contributed by atoms with Gasteiger partial charge < -0.3 is 0 Å². The van der Waals surface area contributed by atoms with Gasteiger partial charge in [-0.2, -0.15) is 4.21 Å². The zero-order valence-electron chi connectivity index (χ0n) is 7.04. The van der Waals surface area contributed by atoms with Crippen LogP contribution in [0.3, 0.4) is 0 Å². The minimum atomic E-state index is -2.22. The molecular weight excluding hydrogens is 222 g/mol. The van der Waals surface area contributed by atoms with E-state index in [0.717, 1.165) is 10.2 Å². The van der Waals surface area contributed by atoms with Gasteiger partial charge in [-0.1, -0.05) is 12.1 Å². The van der Waals surface area contributed by atoms with E-state index < -0.39 is 11.4 Å². The lowest BCUT2D eigenvalue weighted by atomic mass is 10.3. The van der Waals surface area contributed by atoms with Crippen molar-refractivity contribution in [3.63, 3.8) is 0 Å². The summed E-state index contributed by atoms with van der Waals surface area (Å²) in [7, 11) is 0. The molecule has 4 nitrogen and oxygen atoms in total. The second kappa shape index (κ2) is 4.14. The van der Waals surface area contributed by atoms with Crippen LogP contribution in [0, 0.1) is 0 Å². The molecule has 1 atom stereocenters. The largest absolute Gasteiger partial charge is 0.302 e. The fraction of sp³-hybridized carbons (Fsp3) is 0.125. The molecule has 0 saturated carbocycles. The summed E-state index contributed by atoms with van der Waals surface area (Å²) in [6.07, 6.45) is 0. The van der Waals surface area contributed by atoms with Crippen molar-refractivity contribution >= 4 is 32.9 Å².